The average Bonchev–Trinajstić information content (AvgIpc) is 3.02. The molecule has 1 aliphatic rings. The topological polar surface area (TPSA) is 66.5 Å². The molecule has 2 aromatic rings. The number of H-pyrrole nitrogens is 1. The standard InChI is InChI=1S/C14H14BrN3O2/c1-7(12-13(19)18-14(16-2)20-12)8-6-17-10-5-3-4-9(15)11(8)10/h3-7,12,17H,1-2H3,(H,16,18,19). The maximum Gasteiger partial charge on any atom is 0.292 e. The number of nitrogens with zero attached hydrogens (tertiary/aromatic N) is 1. The van der Waals surface area contributed by atoms with E-state index in [1.807, 2.05) is 31.3 Å². The van der Waals surface area contributed by atoms with Crippen molar-refractivity contribution in [3.63, 3.8) is 0 Å². The van der Waals surface area contributed by atoms with E-state index in [1.165, 1.54) is 0 Å². The van der Waals surface area contributed by atoms with Gasteiger partial charge in [-0.05, 0) is 17.7 Å². The third-order valence-corrected chi connectivity index (χ3v) is 4.22. The van der Waals surface area contributed by atoms with Crippen LogP contribution in [0.25, 0.3) is 10.9 Å². The second-order valence-corrected chi connectivity index (χ2v) is 5.61. The summed E-state index contributed by atoms with van der Waals surface area (Å²) in [6, 6.07) is 6.25. The molecule has 2 atom stereocenters. The molecular weight excluding hydrogens is 322 g/mol. The summed E-state index contributed by atoms with van der Waals surface area (Å²) < 4.78 is 6.56. The van der Waals surface area contributed by atoms with Crippen molar-refractivity contribution in [2.45, 2.75) is 18.9 Å². The van der Waals surface area contributed by atoms with E-state index >= 15 is 0 Å². The van der Waals surface area contributed by atoms with E-state index in [0.717, 1.165) is 20.9 Å². The minimum Gasteiger partial charge on any atom is -0.451 e. The van der Waals surface area contributed by atoms with Crippen LogP contribution in [0, 0.1) is 0 Å². The summed E-state index contributed by atoms with van der Waals surface area (Å²) in [5.74, 6) is -0.235. The second kappa shape index (κ2) is 4.94. The van der Waals surface area contributed by atoms with Gasteiger partial charge in [-0.1, -0.05) is 28.9 Å². The summed E-state index contributed by atoms with van der Waals surface area (Å²) in [6.07, 6.45) is 1.37. The highest BCUT2D eigenvalue weighted by molar-refractivity contribution is 9.10. The first kappa shape index (κ1) is 13.2. The van der Waals surface area contributed by atoms with Crippen LogP contribution in [-0.4, -0.2) is 30.1 Å². The minimum atomic E-state index is -0.556. The van der Waals surface area contributed by atoms with Crippen LogP contribution in [-0.2, 0) is 9.53 Å². The Morgan fingerprint density at radius 1 is 1.45 bits per heavy atom. The number of amides is 1. The number of hydrogen-bond donors (Lipinski definition) is 2. The Bertz CT molecular complexity index is 708. The van der Waals surface area contributed by atoms with Crippen LogP contribution < -0.4 is 5.32 Å². The van der Waals surface area contributed by atoms with Crippen molar-refractivity contribution in [3.05, 3.63) is 34.4 Å². The van der Waals surface area contributed by atoms with Gasteiger partial charge in [-0.2, -0.15) is 0 Å². The van der Waals surface area contributed by atoms with Gasteiger partial charge in [0.05, 0.1) is 0 Å². The van der Waals surface area contributed by atoms with E-state index in [0.29, 0.717) is 0 Å². The molecule has 5 nitrogen and oxygen atoms in total. The number of aliphatic imine (C=N–C) groups is 1. The number of carbonyl (C=O) groups is 1. The zero-order valence-electron chi connectivity index (χ0n) is 11.1. The van der Waals surface area contributed by atoms with Crippen LogP contribution in [0.3, 0.4) is 0 Å². The Kier molecular flexibility index (Phi) is 3.25. The van der Waals surface area contributed by atoms with Crippen molar-refractivity contribution in [1.82, 2.24) is 10.3 Å². The van der Waals surface area contributed by atoms with Gasteiger partial charge in [-0.15, -0.1) is 0 Å². The molecule has 0 aliphatic carbocycles. The zero-order chi connectivity index (χ0) is 14.3. The number of hydrogen-bond acceptors (Lipinski definition) is 3. The molecule has 0 spiro atoms. The number of rotatable bonds is 2. The average molecular weight is 336 g/mol. The third-order valence-electron chi connectivity index (χ3n) is 3.56. The Hall–Kier alpha value is -1.82. The molecule has 0 radical (unpaired) electrons. The summed E-state index contributed by atoms with van der Waals surface area (Å²) in [5, 5.41) is 3.71. The van der Waals surface area contributed by atoms with Crippen LogP contribution in [0.15, 0.2) is 33.9 Å². The molecule has 1 amide bonds. The van der Waals surface area contributed by atoms with E-state index in [2.05, 4.69) is 31.2 Å². The third kappa shape index (κ3) is 2.00. The summed E-state index contributed by atoms with van der Waals surface area (Å²) in [7, 11) is 1.59. The van der Waals surface area contributed by atoms with Gasteiger partial charge in [0.1, 0.15) is 0 Å². The van der Waals surface area contributed by atoms with E-state index in [-0.39, 0.29) is 17.8 Å². The van der Waals surface area contributed by atoms with Crippen LogP contribution >= 0.6 is 15.9 Å². The monoisotopic (exact) mass is 335 g/mol. The largest absolute Gasteiger partial charge is 0.451 e. The Morgan fingerprint density at radius 2 is 2.25 bits per heavy atom. The minimum absolute atomic E-state index is 0.0818. The fraction of sp³-hybridized carbons (Fsp3) is 0.286. The predicted octanol–water partition coefficient (Wildman–Crippen LogP) is 2.53. The molecule has 1 saturated heterocycles. The van der Waals surface area contributed by atoms with Crippen molar-refractivity contribution in [3.8, 4) is 0 Å². The number of ether oxygens (including phenoxy) is 1. The summed E-state index contributed by atoms with van der Waals surface area (Å²) in [4.78, 5) is 19.1. The van der Waals surface area contributed by atoms with E-state index in [1.54, 1.807) is 7.05 Å². The first-order valence-electron chi connectivity index (χ1n) is 6.31. The van der Waals surface area contributed by atoms with Crippen molar-refractivity contribution >= 4 is 38.8 Å². The van der Waals surface area contributed by atoms with E-state index in [4.69, 9.17) is 4.74 Å². The molecule has 2 N–H and O–H groups in total. The number of fused-ring (bicyclic) bond motifs is 1. The van der Waals surface area contributed by atoms with E-state index < -0.39 is 6.10 Å². The zero-order valence-corrected chi connectivity index (χ0v) is 12.7. The van der Waals surface area contributed by atoms with Crippen LogP contribution in [0.4, 0.5) is 0 Å². The Morgan fingerprint density at radius 3 is 2.95 bits per heavy atom. The van der Waals surface area contributed by atoms with Gasteiger partial charge < -0.3 is 9.72 Å². The summed E-state index contributed by atoms with van der Waals surface area (Å²) >= 11 is 3.56. The van der Waals surface area contributed by atoms with Gasteiger partial charge in [0.2, 0.25) is 0 Å². The Balaban J connectivity index is 2.01. The number of halogens is 1. The lowest BCUT2D eigenvalue weighted by Crippen LogP contribution is -2.28. The molecule has 2 heterocycles. The molecule has 6 heteroatoms. The molecule has 2 unspecified atom stereocenters. The Labute approximate surface area is 124 Å². The highest BCUT2D eigenvalue weighted by Gasteiger charge is 2.37. The smallest absolute Gasteiger partial charge is 0.292 e. The summed E-state index contributed by atoms with van der Waals surface area (Å²) in [5.41, 5.74) is 2.08. The maximum absolute atomic E-state index is 12.0. The predicted molar refractivity (Wildman–Crippen MR) is 80.8 cm³/mol. The maximum atomic E-state index is 12.0. The molecular formula is C14H14BrN3O2. The fourth-order valence-electron chi connectivity index (χ4n) is 2.51. The highest BCUT2D eigenvalue weighted by atomic mass is 79.9. The van der Waals surface area contributed by atoms with Gasteiger partial charge in [0, 0.05) is 34.5 Å². The normalized spacial score (nSPS) is 22.1. The molecule has 0 saturated carbocycles. The highest BCUT2D eigenvalue weighted by Crippen LogP contribution is 2.34. The number of carbonyl (C=O) groups excluding carboxylic acids is 1. The molecule has 1 fully saturated rings. The fourth-order valence-corrected chi connectivity index (χ4v) is 3.10. The lowest BCUT2D eigenvalue weighted by atomic mass is 9.94. The van der Waals surface area contributed by atoms with Gasteiger partial charge in [0.15, 0.2) is 6.10 Å². The van der Waals surface area contributed by atoms with Gasteiger partial charge in [-0.25, -0.2) is 4.99 Å². The molecule has 1 aromatic carbocycles. The first-order chi connectivity index (χ1) is 9.61. The van der Waals surface area contributed by atoms with Gasteiger partial charge >= 0.3 is 0 Å². The first-order valence-corrected chi connectivity index (χ1v) is 7.11. The molecule has 1 aromatic heterocycles. The van der Waals surface area contributed by atoms with Crippen LogP contribution in [0.2, 0.25) is 0 Å². The lowest BCUT2D eigenvalue weighted by Gasteiger charge is -2.16. The molecule has 3 rings (SSSR count). The van der Waals surface area contributed by atoms with E-state index in [9.17, 15) is 4.79 Å². The molecule has 1 aliphatic heterocycles. The van der Waals surface area contributed by atoms with Gasteiger partial charge in [0.25, 0.3) is 11.9 Å². The number of amidine groups is 1. The van der Waals surface area contributed by atoms with Crippen LogP contribution in [0.1, 0.15) is 18.4 Å². The molecule has 104 valence electrons. The number of nitrogens with one attached hydrogen (secondary N) is 2. The van der Waals surface area contributed by atoms with Gasteiger partial charge in [-0.3, -0.25) is 10.1 Å². The SMILES string of the molecule is CN=C1NC(=O)C(C(C)c2c[nH]c3cccc(Br)c23)O1. The van der Waals surface area contributed by atoms with Crippen molar-refractivity contribution in [2.75, 3.05) is 7.05 Å². The quantitative estimate of drug-likeness (QED) is 0.885. The lowest BCUT2D eigenvalue weighted by molar-refractivity contribution is -0.124. The molecule has 20 heavy (non-hydrogen) atoms. The second-order valence-electron chi connectivity index (χ2n) is 4.75. The number of benzene rings is 1. The van der Waals surface area contributed by atoms with Crippen molar-refractivity contribution in [2.24, 2.45) is 4.99 Å². The number of aromatic nitrogens is 1. The van der Waals surface area contributed by atoms with Crippen molar-refractivity contribution in [1.29, 1.82) is 0 Å². The number of aromatic amines is 1. The molecule has 0 bridgehead atoms. The van der Waals surface area contributed by atoms with Crippen LogP contribution in [0.5, 0.6) is 0 Å². The van der Waals surface area contributed by atoms with Crippen molar-refractivity contribution < 1.29 is 9.53 Å². The summed E-state index contributed by atoms with van der Waals surface area (Å²) in [6.45, 7) is 1.98.